The van der Waals surface area contributed by atoms with Gasteiger partial charge in [0.25, 0.3) is 0 Å². The minimum Gasteiger partial charge on any atom is -0.367 e. The maximum absolute atomic E-state index is 13.0. The summed E-state index contributed by atoms with van der Waals surface area (Å²) in [5, 5.41) is 2.45. The number of fused-ring (bicyclic) bond motifs is 1. The Morgan fingerprint density at radius 3 is 2.61 bits per heavy atom. The smallest absolute Gasteiger partial charge is 0.242 e. The van der Waals surface area contributed by atoms with Crippen LogP contribution < -0.4 is 4.90 Å². The number of carbonyl (C=O) groups is 1. The summed E-state index contributed by atoms with van der Waals surface area (Å²) in [5.74, 6) is 0.107. The number of amides is 1. The lowest BCUT2D eigenvalue weighted by atomic mass is 10.1. The lowest BCUT2D eigenvalue weighted by molar-refractivity contribution is -0.132. The molecule has 0 atom stereocenters. The first-order valence-corrected chi connectivity index (χ1v) is 12.3. The van der Waals surface area contributed by atoms with Gasteiger partial charge in [0, 0.05) is 78.2 Å². The highest BCUT2D eigenvalue weighted by atomic mass is 35.5. The molecule has 1 aliphatic rings. The van der Waals surface area contributed by atoms with Crippen LogP contribution in [0.4, 0.5) is 5.69 Å². The first-order valence-electron chi connectivity index (χ1n) is 10.7. The molecular formula is C24H23ClN6OS. The molecule has 3 aromatic heterocycles. The number of piperazine rings is 1. The number of hydrogen-bond donors (Lipinski definition) is 0. The monoisotopic (exact) mass is 478 g/mol. The Balaban J connectivity index is 1.29. The third kappa shape index (κ3) is 4.54. The van der Waals surface area contributed by atoms with Crippen LogP contribution in [-0.2, 0) is 11.3 Å². The molecule has 168 valence electrons. The summed E-state index contributed by atoms with van der Waals surface area (Å²) >= 11 is 7.83. The number of halogens is 1. The number of hydrogen-bond acceptors (Lipinski definition) is 6. The van der Waals surface area contributed by atoms with Gasteiger partial charge in [-0.2, -0.15) is 0 Å². The molecule has 1 aliphatic heterocycles. The summed E-state index contributed by atoms with van der Waals surface area (Å²) in [6.45, 7) is 3.11. The molecule has 0 radical (unpaired) electrons. The number of pyridine rings is 1. The predicted octanol–water partition coefficient (Wildman–Crippen LogP) is 4.22. The largest absolute Gasteiger partial charge is 0.367 e. The number of carbonyl (C=O) groups excluding carboxylic acids is 1. The van der Waals surface area contributed by atoms with Gasteiger partial charge >= 0.3 is 0 Å². The Kier molecular flexibility index (Phi) is 6.20. The molecule has 0 bridgehead atoms. The van der Waals surface area contributed by atoms with Gasteiger partial charge in [-0.05, 0) is 42.7 Å². The van der Waals surface area contributed by atoms with Crippen molar-refractivity contribution in [2.75, 3.05) is 37.3 Å². The fourth-order valence-electron chi connectivity index (χ4n) is 4.17. The summed E-state index contributed by atoms with van der Waals surface area (Å²) in [6, 6.07) is 11.8. The second-order valence-corrected chi connectivity index (χ2v) is 9.06. The Bertz CT molecular complexity index is 1280. The summed E-state index contributed by atoms with van der Waals surface area (Å²) < 4.78 is 1.92. The van der Waals surface area contributed by atoms with Gasteiger partial charge in [0.2, 0.25) is 5.91 Å². The minimum atomic E-state index is 0.107. The van der Waals surface area contributed by atoms with Gasteiger partial charge in [0.1, 0.15) is 12.2 Å². The van der Waals surface area contributed by atoms with Crippen molar-refractivity contribution in [3.8, 4) is 11.1 Å². The van der Waals surface area contributed by atoms with Crippen LogP contribution in [0.3, 0.4) is 0 Å². The topological polar surface area (TPSA) is 67.2 Å². The van der Waals surface area contributed by atoms with Gasteiger partial charge in [-0.15, -0.1) is 0 Å². The molecule has 33 heavy (non-hydrogen) atoms. The molecule has 5 rings (SSSR count). The van der Waals surface area contributed by atoms with Crippen molar-refractivity contribution >= 4 is 46.0 Å². The van der Waals surface area contributed by atoms with Gasteiger partial charge in [0.15, 0.2) is 5.16 Å². The normalized spacial score (nSPS) is 14.1. The fourth-order valence-corrected chi connectivity index (χ4v) is 4.65. The maximum Gasteiger partial charge on any atom is 0.242 e. The lowest BCUT2D eigenvalue weighted by Gasteiger charge is -2.37. The third-order valence-electron chi connectivity index (χ3n) is 5.88. The van der Waals surface area contributed by atoms with Crippen molar-refractivity contribution in [3.63, 3.8) is 0 Å². The van der Waals surface area contributed by atoms with E-state index >= 15 is 0 Å². The molecular weight excluding hydrogens is 456 g/mol. The van der Waals surface area contributed by atoms with Crippen LogP contribution in [0.15, 0.2) is 66.3 Å². The molecule has 0 N–H and O–H groups in total. The highest BCUT2D eigenvalue weighted by Gasteiger charge is 2.24. The molecule has 1 fully saturated rings. The molecule has 1 amide bonds. The van der Waals surface area contributed by atoms with Gasteiger partial charge in [-0.25, -0.2) is 15.0 Å². The number of rotatable bonds is 5. The van der Waals surface area contributed by atoms with Crippen molar-refractivity contribution < 1.29 is 4.79 Å². The van der Waals surface area contributed by atoms with Gasteiger partial charge < -0.3 is 14.4 Å². The van der Waals surface area contributed by atoms with Gasteiger partial charge in [-0.1, -0.05) is 23.4 Å². The minimum absolute atomic E-state index is 0.107. The van der Waals surface area contributed by atoms with E-state index < -0.39 is 0 Å². The predicted molar refractivity (Wildman–Crippen MR) is 133 cm³/mol. The standard InChI is InChI=1S/C24H23ClN6OS/c1-33-24-27-14-18(15-28-24)20-13-19(25)4-5-21(20)29-9-11-30(12-10-29)22(32)16-31-8-6-17-3-2-7-26-23(17)31/h2-8,13-15H,9-12,16H2,1H3. The van der Waals surface area contributed by atoms with E-state index in [4.69, 9.17) is 11.6 Å². The van der Waals surface area contributed by atoms with Crippen LogP contribution in [0.5, 0.6) is 0 Å². The van der Waals surface area contributed by atoms with Gasteiger partial charge in [-0.3, -0.25) is 4.79 Å². The van der Waals surface area contributed by atoms with Crippen LogP contribution in [0.25, 0.3) is 22.2 Å². The quantitative estimate of drug-likeness (QED) is 0.316. The van der Waals surface area contributed by atoms with E-state index in [0.717, 1.165) is 46.1 Å². The highest BCUT2D eigenvalue weighted by Crippen LogP contribution is 2.33. The van der Waals surface area contributed by atoms with Crippen molar-refractivity contribution in [2.24, 2.45) is 0 Å². The molecule has 0 spiro atoms. The van der Waals surface area contributed by atoms with Crippen molar-refractivity contribution in [3.05, 3.63) is 66.2 Å². The van der Waals surface area contributed by atoms with Crippen LogP contribution in [-0.4, -0.2) is 62.8 Å². The Labute approximate surface area is 201 Å². The van der Waals surface area contributed by atoms with Gasteiger partial charge in [0.05, 0.1) is 0 Å². The Morgan fingerprint density at radius 1 is 1.06 bits per heavy atom. The maximum atomic E-state index is 13.0. The summed E-state index contributed by atoms with van der Waals surface area (Å²) in [6.07, 6.45) is 9.31. The zero-order valence-electron chi connectivity index (χ0n) is 18.2. The number of anilines is 1. The van der Waals surface area contributed by atoms with E-state index in [2.05, 4.69) is 19.9 Å². The van der Waals surface area contributed by atoms with Crippen molar-refractivity contribution in [2.45, 2.75) is 11.7 Å². The molecule has 4 heterocycles. The molecule has 0 unspecified atom stereocenters. The number of benzene rings is 1. The van der Waals surface area contributed by atoms with Crippen LogP contribution in [0, 0.1) is 0 Å². The second-order valence-electron chi connectivity index (χ2n) is 7.85. The number of nitrogens with zero attached hydrogens (tertiary/aromatic N) is 6. The van der Waals surface area contributed by atoms with Crippen LogP contribution in [0.1, 0.15) is 0 Å². The van der Waals surface area contributed by atoms with Crippen LogP contribution >= 0.6 is 23.4 Å². The average molecular weight is 479 g/mol. The van der Waals surface area contributed by atoms with Crippen LogP contribution in [0.2, 0.25) is 5.02 Å². The number of thioether (sulfide) groups is 1. The molecule has 4 aromatic rings. The first-order chi connectivity index (χ1) is 16.1. The van der Waals surface area contributed by atoms with E-state index in [-0.39, 0.29) is 5.91 Å². The summed E-state index contributed by atoms with van der Waals surface area (Å²) in [7, 11) is 0. The highest BCUT2D eigenvalue weighted by molar-refractivity contribution is 7.98. The molecule has 0 saturated carbocycles. The Morgan fingerprint density at radius 2 is 1.85 bits per heavy atom. The molecule has 1 saturated heterocycles. The second kappa shape index (κ2) is 9.41. The molecule has 7 nitrogen and oxygen atoms in total. The molecule has 9 heteroatoms. The zero-order chi connectivity index (χ0) is 22.8. The zero-order valence-corrected chi connectivity index (χ0v) is 19.8. The Hall–Kier alpha value is -3.10. The molecule has 0 aliphatic carbocycles. The van der Waals surface area contributed by atoms with E-state index in [0.29, 0.717) is 24.7 Å². The van der Waals surface area contributed by atoms with E-state index in [1.54, 1.807) is 6.20 Å². The van der Waals surface area contributed by atoms with Crippen molar-refractivity contribution in [1.29, 1.82) is 0 Å². The first kappa shape index (κ1) is 21.7. The number of aromatic nitrogens is 4. The third-order valence-corrected chi connectivity index (χ3v) is 6.69. The van der Waals surface area contributed by atoms with Crippen molar-refractivity contribution in [1.82, 2.24) is 24.4 Å². The summed E-state index contributed by atoms with van der Waals surface area (Å²) in [4.78, 5) is 30.4. The lowest BCUT2D eigenvalue weighted by Crippen LogP contribution is -2.49. The SMILES string of the molecule is CSc1ncc(-c2cc(Cl)ccc2N2CCN(C(=O)Cn3ccc4cccnc43)CC2)cn1. The average Bonchev–Trinajstić information content (AvgIpc) is 3.27. The van der Waals surface area contributed by atoms with E-state index in [9.17, 15) is 4.79 Å². The van der Waals surface area contributed by atoms with E-state index in [1.807, 2.05) is 70.7 Å². The summed E-state index contributed by atoms with van der Waals surface area (Å²) in [5.41, 5.74) is 3.84. The van der Waals surface area contributed by atoms with E-state index in [1.165, 1.54) is 11.8 Å². The molecule has 1 aromatic carbocycles. The fraction of sp³-hybridized carbons (Fsp3) is 0.250.